The number of nitrogens with zero attached hydrogens (tertiary/aromatic N) is 3. The number of ketones is 1. The molecule has 0 saturated heterocycles. The molecular weight excluding hydrogens is 851 g/mol. The van der Waals surface area contributed by atoms with Gasteiger partial charge in [-0.1, -0.05) is 98.8 Å². The van der Waals surface area contributed by atoms with Gasteiger partial charge in [-0.15, -0.1) is 0 Å². The van der Waals surface area contributed by atoms with Gasteiger partial charge in [-0.05, 0) is 97.1 Å². The Hall–Kier alpha value is -7.33. The number of thioether (sulfide) groups is 1. The molecule has 9 heteroatoms. The van der Waals surface area contributed by atoms with Crippen LogP contribution in [0.3, 0.4) is 0 Å². The molecule has 0 radical (unpaired) electrons. The molecule has 7 aromatic rings. The maximum Gasteiger partial charge on any atom is 0.219 e. The molecule has 67 heavy (non-hydrogen) atoms. The number of aliphatic hydroxyl groups is 2. The summed E-state index contributed by atoms with van der Waals surface area (Å²) >= 11 is 2.00. The van der Waals surface area contributed by atoms with Crippen LogP contribution >= 0.6 is 11.8 Å². The van der Waals surface area contributed by atoms with Crippen molar-refractivity contribution in [3.8, 4) is 11.5 Å². The van der Waals surface area contributed by atoms with Crippen molar-refractivity contribution in [2.24, 2.45) is 0 Å². The lowest BCUT2D eigenvalue weighted by Crippen LogP contribution is -2.25. The lowest BCUT2D eigenvalue weighted by Gasteiger charge is -2.28. The lowest BCUT2D eigenvalue weighted by molar-refractivity contribution is -0.111. The minimum Gasteiger partial charge on any atom is -0.507 e. The van der Waals surface area contributed by atoms with Gasteiger partial charge in [-0.2, -0.15) is 16.3 Å². The zero-order valence-electron chi connectivity index (χ0n) is 37.8. The van der Waals surface area contributed by atoms with E-state index in [1.54, 1.807) is 24.3 Å². The van der Waals surface area contributed by atoms with E-state index in [2.05, 4.69) is 64.6 Å². The van der Waals surface area contributed by atoms with E-state index in [1.165, 1.54) is 0 Å². The molecular formula is C58H54N3O5S+. The first-order chi connectivity index (χ1) is 32.8. The Balaban J connectivity index is 0.979. The first kappa shape index (κ1) is 44.9. The summed E-state index contributed by atoms with van der Waals surface area (Å²) in [4.78, 5) is 18.5. The highest BCUT2D eigenvalue weighted by Crippen LogP contribution is 2.46. The van der Waals surface area contributed by atoms with Crippen LogP contribution in [0.1, 0.15) is 32.3 Å². The standard InChI is InChI=1S/C58H53N3O5S/c1-3-59(4-2)34-37-67-36-13-12-35-66-46-30-26-43(27-31-46)61(52-25-15-19-41-17-9-11-23-48(41)52)45-29-33-50(54(63)39-45)56-57(64)55(58(56)65)49-32-28-44(38-53(49)62)60(42-20-6-5-7-21-42)51-24-14-18-40-16-8-10-22-47(40)51/h5-11,14-33,38-39H,3-4,12-13,34-37H2,1-2H3,(H2,62,63,64,65)/p+1. The number of fused-ring (bicyclic) bond motifs is 2. The summed E-state index contributed by atoms with van der Waals surface area (Å²) < 4.78 is 8.22. The molecule has 8 nitrogen and oxygen atoms in total. The number of Topliss-reactive ketones (excluding diaryl/α,β-unsaturated/α-hetero) is 1. The molecule has 0 saturated carbocycles. The molecule has 0 unspecified atom stereocenters. The number of benzene rings is 7. The zero-order valence-corrected chi connectivity index (χ0v) is 38.6. The number of hydrogen-bond acceptors (Lipinski definition) is 8. The van der Waals surface area contributed by atoms with E-state index in [9.17, 15) is 20.1 Å². The van der Waals surface area contributed by atoms with Gasteiger partial charge in [0.2, 0.25) is 22.9 Å². The van der Waals surface area contributed by atoms with Gasteiger partial charge in [0.25, 0.3) is 0 Å². The van der Waals surface area contributed by atoms with Gasteiger partial charge in [-0.3, -0.25) is 4.79 Å². The van der Waals surface area contributed by atoms with Crippen LogP contribution in [-0.2, 0) is 4.79 Å². The van der Waals surface area contributed by atoms with Crippen LogP contribution in [0, 0.1) is 0 Å². The number of para-hydroxylation sites is 1. The average molecular weight is 905 g/mol. The number of carbonyl (C=O) groups excluding carboxylic acids is 1. The van der Waals surface area contributed by atoms with E-state index in [0.717, 1.165) is 94.0 Å². The summed E-state index contributed by atoms with van der Waals surface area (Å²) in [6.45, 7) is 8.39. The Labute approximate surface area is 396 Å². The second-order valence-corrected chi connectivity index (χ2v) is 17.7. The third kappa shape index (κ3) is 9.39. The topological polar surface area (TPSA) is 96.5 Å². The van der Waals surface area contributed by atoms with Crippen molar-refractivity contribution in [1.82, 2.24) is 9.48 Å². The monoisotopic (exact) mass is 904 g/mol. The largest absolute Gasteiger partial charge is 0.507 e. The van der Waals surface area contributed by atoms with E-state index in [-0.39, 0.29) is 39.6 Å². The fourth-order valence-electron chi connectivity index (χ4n) is 8.90. The fraction of sp³-hybridized carbons (Fsp3) is 0.172. The zero-order chi connectivity index (χ0) is 46.3. The van der Waals surface area contributed by atoms with E-state index in [1.807, 2.05) is 127 Å². The van der Waals surface area contributed by atoms with Gasteiger partial charge in [0, 0.05) is 70.5 Å². The van der Waals surface area contributed by atoms with Crippen LogP contribution in [0.4, 0.5) is 28.4 Å². The SMILES string of the molecule is CCN(CC)CCSCCCCOc1ccc(N(c2ccc(C3=C(O)C(=C4C=CC(=[N+](c5ccccc5)c5cccc6ccccc56)C=C4O)C3=O)c(O)c2)c2cccc3ccccc23)cc1. The van der Waals surface area contributed by atoms with Crippen molar-refractivity contribution in [2.75, 3.05) is 42.6 Å². The van der Waals surface area contributed by atoms with Crippen LogP contribution in [0.15, 0.2) is 199 Å². The molecule has 0 heterocycles. The Bertz CT molecular complexity index is 3100. The number of carbonyl (C=O) groups is 1. The van der Waals surface area contributed by atoms with Crippen molar-refractivity contribution in [3.05, 3.63) is 204 Å². The Morgan fingerprint density at radius 3 is 2.03 bits per heavy atom. The number of phenols is 1. The van der Waals surface area contributed by atoms with Gasteiger partial charge in [0.15, 0.2) is 0 Å². The number of anilines is 3. The molecule has 3 N–H and O–H groups in total. The summed E-state index contributed by atoms with van der Waals surface area (Å²) in [6, 6.07) is 51.5. The third-order valence-corrected chi connectivity index (χ3v) is 13.5. The molecule has 0 fully saturated rings. The second-order valence-electron chi connectivity index (χ2n) is 16.5. The summed E-state index contributed by atoms with van der Waals surface area (Å²) in [5.41, 5.74) is 5.27. The Kier molecular flexibility index (Phi) is 13.7. The molecule has 0 aromatic heterocycles. The van der Waals surface area contributed by atoms with Crippen LogP contribution in [0.25, 0.3) is 27.1 Å². The average Bonchev–Trinajstić information content (AvgIpc) is 3.36. The van der Waals surface area contributed by atoms with Crippen molar-refractivity contribution in [3.63, 3.8) is 0 Å². The molecule has 9 rings (SSSR count). The Morgan fingerprint density at radius 1 is 0.642 bits per heavy atom. The summed E-state index contributed by atoms with van der Waals surface area (Å²) in [6.07, 6.45) is 7.18. The Morgan fingerprint density at radius 2 is 1.31 bits per heavy atom. The minimum atomic E-state index is -0.479. The van der Waals surface area contributed by atoms with Crippen LogP contribution < -0.4 is 14.2 Å². The van der Waals surface area contributed by atoms with Crippen LogP contribution in [0.2, 0.25) is 0 Å². The molecule has 0 spiro atoms. The number of phenolic OH excluding ortho intramolecular Hbond substituents is 1. The van der Waals surface area contributed by atoms with E-state index < -0.39 is 5.78 Å². The lowest BCUT2D eigenvalue weighted by atomic mass is 9.79. The smallest absolute Gasteiger partial charge is 0.219 e. The first-order valence-corrected chi connectivity index (χ1v) is 24.2. The fourth-order valence-corrected chi connectivity index (χ4v) is 9.90. The van der Waals surface area contributed by atoms with Gasteiger partial charge in [0.1, 0.15) is 23.0 Å². The van der Waals surface area contributed by atoms with Gasteiger partial charge >= 0.3 is 0 Å². The summed E-state index contributed by atoms with van der Waals surface area (Å²) in [5, 5.41) is 39.0. The first-order valence-electron chi connectivity index (χ1n) is 23.0. The van der Waals surface area contributed by atoms with Crippen molar-refractivity contribution >= 4 is 78.8 Å². The molecule has 7 aromatic carbocycles. The number of aromatic hydroxyl groups is 1. The van der Waals surface area contributed by atoms with E-state index >= 15 is 0 Å². The highest BCUT2D eigenvalue weighted by atomic mass is 32.2. The number of rotatable bonds is 17. The predicted octanol–water partition coefficient (Wildman–Crippen LogP) is 13.5. The molecule has 2 aliphatic carbocycles. The van der Waals surface area contributed by atoms with Gasteiger partial charge in [0.05, 0.1) is 34.9 Å². The third-order valence-electron chi connectivity index (χ3n) is 12.5. The number of ether oxygens (including phenoxy) is 1. The van der Waals surface area contributed by atoms with Crippen molar-refractivity contribution < 1.29 is 24.9 Å². The number of hydrogen-bond donors (Lipinski definition) is 3. The van der Waals surface area contributed by atoms with Crippen LogP contribution in [-0.4, -0.2) is 69.5 Å². The minimum absolute atomic E-state index is 0.0107. The molecule has 0 bridgehead atoms. The molecule has 0 amide bonds. The molecule has 0 atom stereocenters. The quantitative estimate of drug-likeness (QED) is 0.0472. The molecule has 336 valence electrons. The maximum atomic E-state index is 14.0. The van der Waals surface area contributed by atoms with Crippen molar-refractivity contribution in [1.29, 1.82) is 0 Å². The van der Waals surface area contributed by atoms with Crippen LogP contribution in [0.5, 0.6) is 11.5 Å². The molecule has 0 aliphatic heterocycles. The van der Waals surface area contributed by atoms with E-state index in [0.29, 0.717) is 18.0 Å². The number of allylic oxidation sites excluding steroid dienone is 5. The predicted molar refractivity (Wildman–Crippen MR) is 278 cm³/mol. The van der Waals surface area contributed by atoms with E-state index in [4.69, 9.17) is 4.74 Å². The normalized spacial score (nSPS) is 15.6. The number of aliphatic hydroxyl groups excluding tert-OH is 2. The molecule has 2 aliphatic rings. The highest BCUT2D eigenvalue weighted by molar-refractivity contribution is 7.99. The maximum absolute atomic E-state index is 14.0. The number of unbranched alkanes of at least 4 members (excludes halogenated alkanes) is 1. The second kappa shape index (κ2) is 20.5. The highest BCUT2D eigenvalue weighted by Gasteiger charge is 2.40. The summed E-state index contributed by atoms with van der Waals surface area (Å²) in [7, 11) is 0. The van der Waals surface area contributed by atoms with Gasteiger partial charge in [-0.25, -0.2) is 0 Å². The van der Waals surface area contributed by atoms with Gasteiger partial charge < -0.3 is 29.9 Å². The summed E-state index contributed by atoms with van der Waals surface area (Å²) in [5.74, 6) is 1.96. The van der Waals surface area contributed by atoms with Crippen molar-refractivity contribution in [2.45, 2.75) is 26.7 Å².